The summed E-state index contributed by atoms with van der Waals surface area (Å²) >= 11 is 0. The maximum atomic E-state index is 11.6. The van der Waals surface area contributed by atoms with E-state index in [2.05, 4.69) is 15.5 Å². The Morgan fingerprint density at radius 2 is 2.24 bits per heavy atom. The van der Waals surface area contributed by atoms with Crippen LogP contribution in [0, 0.1) is 0 Å². The Hall–Kier alpha value is -1.47. The molecule has 3 rings (SSSR count). The Morgan fingerprint density at radius 3 is 2.88 bits per heavy atom. The molecule has 1 aromatic rings. The zero-order valence-electron chi connectivity index (χ0n) is 9.43. The Kier molecular flexibility index (Phi) is 2.56. The number of rotatable bonds is 4. The van der Waals surface area contributed by atoms with Gasteiger partial charge in [-0.05, 0) is 12.8 Å². The van der Waals surface area contributed by atoms with Crippen molar-refractivity contribution in [2.24, 2.45) is 5.73 Å². The number of likely N-dealkylation sites (tertiary alicyclic amines) is 1. The van der Waals surface area contributed by atoms with Crippen LogP contribution in [0.3, 0.4) is 0 Å². The van der Waals surface area contributed by atoms with E-state index >= 15 is 0 Å². The molecule has 1 aromatic heterocycles. The standard InChI is InChI=1S/C10H15N5O2/c11-7-3-15(4-7)5-8(16)12-10-14-13-9(17-10)6-1-2-6/h6-7H,1-5,11H2,(H,12,14,16). The first-order valence-corrected chi connectivity index (χ1v) is 5.82. The smallest absolute Gasteiger partial charge is 0.322 e. The zero-order valence-corrected chi connectivity index (χ0v) is 9.43. The summed E-state index contributed by atoms with van der Waals surface area (Å²) in [6.07, 6.45) is 2.20. The molecule has 1 aliphatic heterocycles. The first-order valence-electron chi connectivity index (χ1n) is 5.82. The van der Waals surface area contributed by atoms with E-state index in [9.17, 15) is 4.79 Å². The summed E-state index contributed by atoms with van der Waals surface area (Å²) in [7, 11) is 0. The predicted octanol–water partition coefficient (Wildman–Crippen LogP) is -0.472. The van der Waals surface area contributed by atoms with Crippen LogP contribution >= 0.6 is 0 Å². The third kappa shape index (κ3) is 2.45. The molecule has 1 saturated heterocycles. The van der Waals surface area contributed by atoms with Crippen molar-refractivity contribution in [1.82, 2.24) is 15.1 Å². The Bertz CT molecular complexity index is 422. The molecule has 0 spiro atoms. The van der Waals surface area contributed by atoms with Crippen molar-refractivity contribution in [2.75, 3.05) is 25.0 Å². The normalized spacial score (nSPS) is 21.2. The van der Waals surface area contributed by atoms with Gasteiger partial charge >= 0.3 is 6.01 Å². The van der Waals surface area contributed by atoms with Crippen LogP contribution in [0.5, 0.6) is 0 Å². The highest BCUT2D eigenvalue weighted by Gasteiger charge is 2.30. The quantitative estimate of drug-likeness (QED) is 0.734. The Morgan fingerprint density at radius 1 is 1.47 bits per heavy atom. The van der Waals surface area contributed by atoms with Crippen molar-refractivity contribution >= 4 is 11.9 Å². The predicted molar refractivity (Wildman–Crippen MR) is 59.3 cm³/mol. The summed E-state index contributed by atoms with van der Waals surface area (Å²) in [6.45, 7) is 1.87. The van der Waals surface area contributed by atoms with E-state index < -0.39 is 0 Å². The molecule has 7 nitrogen and oxygen atoms in total. The molecule has 0 unspecified atom stereocenters. The minimum Gasteiger partial charge on any atom is -0.408 e. The average molecular weight is 237 g/mol. The molecule has 2 aliphatic rings. The van der Waals surface area contributed by atoms with E-state index in [1.54, 1.807) is 0 Å². The van der Waals surface area contributed by atoms with Gasteiger partial charge in [-0.3, -0.25) is 15.0 Å². The molecule has 0 bridgehead atoms. The summed E-state index contributed by atoms with van der Waals surface area (Å²) < 4.78 is 5.34. The number of nitrogens with one attached hydrogen (secondary N) is 1. The van der Waals surface area contributed by atoms with Crippen LogP contribution < -0.4 is 11.1 Å². The minimum absolute atomic E-state index is 0.136. The molecule has 1 saturated carbocycles. The number of nitrogens with zero attached hydrogens (tertiary/aromatic N) is 3. The van der Waals surface area contributed by atoms with Crippen LogP contribution in [0.2, 0.25) is 0 Å². The Balaban J connectivity index is 1.49. The highest BCUT2D eigenvalue weighted by Crippen LogP contribution is 2.39. The van der Waals surface area contributed by atoms with Crippen molar-refractivity contribution in [2.45, 2.75) is 24.8 Å². The molecule has 2 heterocycles. The second-order valence-corrected chi connectivity index (χ2v) is 4.72. The van der Waals surface area contributed by atoms with Crippen LogP contribution in [0.15, 0.2) is 4.42 Å². The summed E-state index contributed by atoms with van der Waals surface area (Å²) in [5.41, 5.74) is 5.63. The molecule has 0 radical (unpaired) electrons. The maximum absolute atomic E-state index is 11.6. The highest BCUT2D eigenvalue weighted by atomic mass is 16.4. The fraction of sp³-hybridized carbons (Fsp3) is 0.700. The van der Waals surface area contributed by atoms with Gasteiger partial charge in [0.2, 0.25) is 11.8 Å². The lowest BCUT2D eigenvalue weighted by molar-refractivity contribution is -0.118. The second kappa shape index (κ2) is 4.08. The Labute approximate surface area is 98.4 Å². The van der Waals surface area contributed by atoms with Gasteiger partial charge in [0.15, 0.2) is 0 Å². The number of hydrogen-bond acceptors (Lipinski definition) is 6. The second-order valence-electron chi connectivity index (χ2n) is 4.72. The van der Waals surface area contributed by atoms with E-state index in [0.717, 1.165) is 25.9 Å². The number of carbonyl (C=O) groups is 1. The maximum Gasteiger partial charge on any atom is 0.322 e. The molecular formula is C10H15N5O2. The molecule has 3 N–H and O–H groups in total. The van der Waals surface area contributed by atoms with E-state index in [-0.39, 0.29) is 18.0 Å². The highest BCUT2D eigenvalue weighted by molar-refractivity contribution is 5.90. The summed E-state index contributed by atoms with van der Waals surface area (Å²) in [5, 5.41) is 10.3. The fourth-order valence-corrected chi connectivity index (χ4v) is 1.88. The van der Waals surface area contributed by atoms with E-state index in [1.807, 2.05) is 4.90 Å². The lowest BCUT2D eigenvalue weighted by Crippen LogP contribution is -2.57. The molecule has 17 heavy (non-hydrogen) atoms. The van der Waals surface area contributed by atoms with Gasteiger partial charge in [-0.2, -0.15) is 0 Å². The van der Waals surface area contributed by atoms with Crippen LogP contribution in [0.1, 0.15) is 24.7 Å². The van der Waals surface area contributed by atoms with Gasteiger partial charge in [0.1, 0.15) is 0 Å². The first-order chi connectivity index (χ1) is 8.20. The first kappa shape index (κ1) is 10.7. The fourth-order valence-electron chi connectivity index (χ4n) is 1.88. The van der Waals surface area contributed by atoms with Crippen LogP contribution in [-0.4, -0.2) is 46.7 Å². The number of carbonyl (C=O) groups excluding carboxylic acids is 1. The van der Waals surface area contributed by atoms with Gasteiger partial charge in [0.25, 0.3) is 0 Å². The minimum atomic E-state index is -0.136. The average Bonchev–Trinajstić information content (AvgIpc) is 2.98. The van der Waals surface area contributed by atoms with Gasteiger partial charge in [-0.25, -0.2) is 0 Å². The lowest BCUT2D eigenvalue weighted by Gasteiger charge is -2.35. The van der Waals surface area contributed by atoms with Gasteiger partial charge in [0.05, 0.1) is 6.54 Å². The monoisotopic (exact) mass is 237 g/mol. The van der Waals surface area contributed by atoms with E-state index in [4.69, 9.17) is 10.2 Å². The van der Waals surface area contributed by atoms with Gasteiger partial charge < -0.3 is 10.2 Å². The van der Waals surface area contributed by atoms with Crippen LogP contribution in [0.25, 0.3) is 0 Å². The van der Waals surface area contributed by atoms with Crippen molar-refractivity contribution in [3.05, 3.63) is 5.89 Å². The summed E-state index contributed by atoms with van der Waals surface area (Å²) in [5.74, 6) is 0.899. The van der Waals surface area contributed by atoms with Crippen LogP contribution in [-0.2, 0) is 4.79 Å². The topological polar surface area (TPSA) is 97.3 Å². The lowest BCUT2D eigenvalue weighted by atomic mass is 10.1. The van der Waals surface area contributed by atoms with Crippen molar-refractivity contribution in [3.63, 3.8) is 0 Å². The SMILES string of the molecule is NC1CN(CC(=O)Nc2nnc(C3CC3)o2)C1. The molecule has 7 heteroatoms. The van der Waals surface area contributed by atoms with Crippen molar-refractivity contribution < 1.29 is 9.21 Å². The largest absolute Gasteiger partial charge is 0.408 e. The summed E-state index contributed by atoms with van der Waals surface area (Å²) in [4.78, 5) is 13.6. The molecule has 0 aromatic carbocycles. The number of aromatic nitrogens is 2. The number of anilines is 1. The number of hydrogen-bond donors (Lipinski definition) is 2. The van der Waals surface area contributed by atoms with Crippen molar-refractivity contribution in [3.8, 4) is 0 Å². The van der Waals surface area contributed by atoms with Gasteiger partial charge in [0, 0.05) is 25.0 Å². The summed E-state index contributed by atoms with van der Waals surface area (Å²) in [6, 6.07) is 0.398. The van der Waals surface area contributed by atoms with Gasteiger partial charge in [-0.1, -0.05) is 5.10 Å². The van der Waals surface area contributed by atoms with Crippen LogP contribution in [0.4, 0.5) is 6.01 Å². The molecule has 1 amide bonds. The van der Waals surface area contributed by atoms with Gasteiger partial charge in [-0.15, -0.1) is 5.10 Å². The zero-order chi connectivity index (χ0) is 11.8. The number of nitrogens with two attached hydrogens (primary N) is 1. The molecule has 0 atom stereocenters. The van der Waals surface area contributed by atoms with E-state index in [1.165, 1.54) is 0 Å². The number of amides is 1. The van der Waals surface area contributed by atoms with E-state index in [0.29, 0.717) is 18.4 Å². The van der Waals surface area contributed by atoms with Crippen molar-refractivity contribution in [1.29, 1.82) is 0 Å². The molecule has 2 fully saturated rings. The third-order valence-electron chi connectivity index (χ3n) is 2.97. The molecule has 1 aliphatic carbocycles. The molecular weight excluding hydrogens is 222 g/mol. The third-order valence-corrected chi connectivity index (χ3v) is 2.97. The molecule has 92 valence electrons.